The zero-order chi connectivity index (χ0) is 26.0. The number of likely N-dealkylation sites (N-methyl/N-ethyl adjacent to an activating group) is 1. The molecule has 0 fully saturated rings. The summed E-state index contributed by atoms with van der Waals surface area (Å²) in [5, 5.41) is 9.37. The van der Waals surface area contributed by atoms with E-state index in [1.807, 2.05) is 13.0 Å². The lowest BCUT2D eigenvalue weighted by Gasteiger charge is -2.15. The molecule has 36 heavy (non-hydrogen) atoms. The number of aryl methyl sites for hydroxylation is 1. The molecule has 2 aromatic heterocycles. The van der Waals surface area contributed by atoms with Gasteiger partial charge < -0.3 is 31.6 Å². The van der Waals surface area contributed by atoms with E-state index in [0.29, 0.717) is 22.4 Å². The molecule has 4 rings (SSSR count). The molecular weight excluding hydrogens is 470 g/mol. The van der Waals surface area contributed by atoms with Gasteiger partial charge in [0.15, 0.2) is 11.6 Å². The van der Waals surface area contributed by atoms with Gasteiger partial charge in [0.05, 0.1) is 23.2 Å². The normalized spacial score (nSPS) is 11.1. The van der Waals surface area contributed by atoms with Crippen LogP contribution in [-0.4, -0.2) is 52.3 Å². The number of benzene rings is 2. The molecular formula is C24H24F2N8O2. The number of aromatic amines is 1. The summed E-state index contributed by atoms with van der Waals surface area (Å²) in [6.45, 7) is 2.11. The zero-order valence-corrected chi connectivity index (χ0v) is 19.7. The first kappa shape index (κ1) is 24.5. The van der Waals surface area contributed by atoms with Crippen LogP contribution in [0.5, 0.6) is 0 Å². The zero-order valence-electron chi connectivity index (χ0n) is 19.7. The Morgan fingerprint density at radius 2 is 1.78 bits per heavy atom. The molecule has 0 saturated heterocycles. The smallest absolute Gasteiger partial charge is 0.250 e. The van der Waals surface area contributed by atoms with Crippen LogP contribution in [0, 0.1) is 18.6 Å². The maximum absolute atomic E-state index is 13.9. The van der Waals surface area contributed by atoms with Crippen molar-refractivity contribution in [3.63, 3.8) is 0 Å². The number of aromatic nitrogens is 3. The van der Waals surface area contributed by atoms with Gasteiger partial charge in [0.1, 0.15) is 11.5 Å². The number of carbonyl (C=O) groups is 2. The van der Waals surface area contributed by atoms with E-state index < -0.39 is 17.5 Å². The summed E-state index contributed by atoms with van der Waals surface area (Å²) in [5.74, 6) is -3.04. The van der Waals surface area contributed by atoms with E-state index in [9.17, 15) is 18.4 Å². The second-order valence-corrected chi connectivity index (χ2v) is 8.38. The van der Waals surface area contributed by atoms with Crippen molar-refractivity contribution in [1.82, 2.24) is 19.9 Å². The second-order valence-electron chi connectivity index (χ2n) is 8.38. The summed E-state index contributed by atoms with van der Waals surface area (Å²) in [5.41, 5.74) is 7.61. The molecule has 0 radical (unpaired) electrons. The number of anilines is 5. The van der Waals surface area contributed by atoms with Gasteiger partial charge >= 0.3 is 0 Å². The highest BCUT2D eigenvalue weighted by Crippen LogP contribution is 2.30. The fraction of sp³-hybridized carbons (Fsp3) is 0.167. The van der Waals surface area contributed by atoms with Crippen LogP contribution in [0.25, 0.3) is 11.0 Å². The second kappa shape index (κ2) is 9.96. The van der Waals surface area contributed by atoms with Crippen LogP contribution < -0.4 is 21.7 Å². The summed E-state index contributed by atoms with van der Waals surface area (Å²) in [6, 6.07) is 8.63. The largest absolute Gasteiger partial charge is 0.366 e. The van der Waals surface area contributed by atoms with E-state index in [0.717, 1.165) is 17.7 Å². The first-order valence-corrected chi connectivity index (χ1v) is 10.8. The predicted molar refractivity (Wildman–Crippen MR) is 134 cm³/mol. The number of hydrogen-bond donors (Lipinski definition) is 5. The number of primary amides is 1. The van der Waals surface area contributed by atoms with Crippen molar-refractivity contribution < 1.29 is 18.4 Å². The molecule has 0 aliphatic heterocycles. The average molecular weight is 495 g/mol. The molecule has 6 N–H and O–H groups in total. The Balaban J connectivity index is 1.68. The van der Waals surface area contributed by atoms with Gasteiger partial charge in [-0.15, -0.1) is 0 Å². The minimum Gasteiger partial charge on any atom is -0.366 e. The number of hydrogen-bond acceptors (Lipinski definition) is 7. The standard InChI is InChI=1S/C24H24F2N8O2/c1-12-4-5-13(29-20(35)11-34(2)3)8-18(12)31-24-32-22-14(6-7-28-22)23(33-24)30-19-10-17(26)16(25)9-15(19)21(27)36/h4-10H,11H2,1-3H3,(H2,27,36)(H,29,35)(H3,28,30,31,32,33). The first-order chi connectivity index (χ1) is 17.1. The summed E-state index contributed by atoms with van der Waals surface area (Å²) in [7, 11) is 3.60. The molecule has 2 aromatic carbocycles. The van der Waals surface area contributed by atoms with Crippen molar-refractivity contribution in [2.45, 2.75) is 6.92 Å². The van der Waals surface area contributed by atoms with Crippen LogP contribution in [0.4, 0.5) is 37.6 Å². The molecule has 0 bridgehead atoms. The topological polar surface area (TPSA) is 141 Å². The lowest BCUT2D eigenvalue weighted by molar-refractivity contribution is -0.116. The molecule has 186 valence electrons. The van der Waals surface area contributed by atoms with Gasteiger partial charge in [0, 0.05) is 23.6 Å². The predicted octanol–water partition coefficient (Wildman–Crippen LogP) is 3.63. The van der Waals surface area contributed by atoms with Gasteiger partial charge in [0.25, 0.3) is 5.91 Å². The number of nitrogens with one attached hydrogen (secondary N) is 4. The van der Waals surface area contributed by atoms with Crippen LogP contribution in [0.15, 0.2) is 42.6 Å². The number of amides is 2. The van der Waals surface area contributed by atoms with E-state index in [1.54, 1.807) is 43.4 Å². The maximum atomic E-state index is 13.9. The van der Waals surface area contributed by atoms with Gasteiger partial charge in [-0.2, -0.15) is 9.97 Å². The van der Waals surface area contributed by atoms with Crippen molar-refractivity contribution in [1.29, 1.82) is 0 Å². The number of carbonyl (C=O) groups excluding carboxylic acids is 2. The summed E-state index contributed by atoms with van der Waals surface area (Å²) < 4.78 is 27.6. The van der Waals surface area contributed by atoms with Crippen LogP contribution in [0.2, 0.25) is 0 Å². The maximum Gasteiger partial charge on any atom is 0.250 e. The fourth-order valence-electron chi connectivity index (χ4n) is 3.52. The van der Waals surface area contributed by atoms with Crippen molar-refractivity contribution in [2.75, 3.05) is 36.6 Å². The third-order valence-electron chi connectivity index (χ3n) is 5.22. The molecule has 12 heteroatoms. The molecule has 0 unspecified atom stereocenters. The van der Waals surface area contributed by atoms with Gasteiger partial charge in [-0.1, -0.05) is 6.07 Å². The number of nitrogens with zero attached hydrogens (tertiary/aromatic N) is 3. The first-order valence-electron chi connectivity index (χ1n) is 10.8. The van der Waals surface area contributed by atoms with Crippen molar-refractivity contribution >= 4 is 51.7 Å². The highest BCUT2D eigenvalue weighted by molar-refractivity contribution is 6.00. The number of nitrogens with two attached hydrogens (primary N) is 1. The highest BCUT2D eigenvalue weighted by atomic mass is 19.2. The molecule has 0 aliphatic carbocycles. The van der Waals surface area contributed by atoms with E-state index in [2.05, 4.69) is 30.9 Å². The van der Waals surface area contributed by atoms with Gasteiger partial charge in [-0.25, -0.2) is 8.78 Å². The number of rotatable bonds is 8. The van der Waals surface area contributed by atoms with Crippen molar-refractivity contribution in [3.8, 4) is 0 Å². The Kier molecular flexibility index (Phi) is 6.79. The highest BCUT2D eigenvalue weighted by Gasteiger charge is 2.17. The lowest BCUT2D eigenvalue weighted by atomic mass is 10.1. The Labute approximate surface area is 204 Å². The fourth-order valence-corrected chi connectivity index (χ4v) is 3.52. The Hall–Kier alpha value is -4.58. The van der Waals surface area contributed by atoms with E-state index in [1.165, 1.54) is 0 Å². The van der Waals surface area contributed by atoms with Gasteiger partial charge in [-0.3, -0.25) is 9.59 Å². The van der Waals surface area contributed by atoms with E-state index >= 15 is 0 Å². The van der Waals surface area contributed by atoms with Gasteiger partial charge in [0.2, 0.25) is 11.9 Å². The Morgan fingerprint density at radius 3 is 2.50 bits per heavy atom. The van der Waals surface area contributed by atoms with Gasteiger partial charge in [-0.05, 0) is 50.8 Å². The molecule has 0 atom stereocenters. The summed E-state index contributed by atoms with van der Waals surface area (Å²) in [6.07, 6.45) is 1.64. The Morgan fingerprint density at radius 1 is 1.03 bits per heavy atom. The molecule has 0 aliphatic rings. The summed E-state index contributed by atoms with van der Waals surface area (Å²) in [4.78, 5) is 37.6. The molecule has 2 amide bonds. The van der Waals surface area contributed by atoms with Crippen LogP contribution >= 0.6 is 0 Å². The van der Waals surface area contributed by atoms with Crippen LogP contribution in [0.1, 0.15) is 15.9 Å². The number of fused-ring (bicyclic) bond motifs is 1. The lowest BCUT2D eigenvalue weighted by Crippen LogP contribution is -2.27. The van der Waals surface area contributed by atoms with Crippen molar-refractivity contribution in [3.05, 3.63) is 65.4 Å². The number of halogens is 2. The molecule has 2 heterocycles. The molecule has 10 nitrogen and oxygen atoms in total. The quantitative estimate of drug-likeness (QED) is 0.252. The molecule has 4 aromatic rings. The molecule has 0 saturated carbocycles. The van der Waals surface area contributed by atoms with Crippen molar-refractivity contribution in [2.24, 2.45) is 5.73 Å². The third kappa shape index (κ3) is 5.39. The van der Waals surface area contributed by atoms with Crippen LogP contribution in [-0.2, 0) is 4.79 Å². The SMILES string of the molecule is Cc1ccc(NC(=O)CN(C)C)cc1Nc1nc(Nc2cc(F)c(F)cc2C(N)=O)c2cc[nH]c2n1. The summed E-state index contributed by atoms with van der Waals surface area (Å²) >= 11 is 0. The Bertz CT molecular complexity index is 1470. The van der Waals surface area contributed by atoms with Crippen LogP contribution in [0.3, 0.4) is 0 Å². The molecule has 0 spiro atoms. The minimum atomic E-state index is -1.20. The third-order valence-corrected chi connectivity index (χ3v) is 5.22. The average Bonchev–Trinajstić information content (AvgIpc) is 3.26. The monoisotopic (exact) mass is 494 g/mol. The number of H-pyrrole nitrogens is 1. The van der Waals surface area contributed by atoms with E-state index in [4.69, 9.17) is 5.73 Å². The van der Waals surface area contributed by atoms with E-state index in [-0.39, 0.29) is 35.5 Å². The minimum absolute atomic E-state index is 0.0460.